The number of hydrogen-bond donors (Lipinski definition) is 1. The highest BCUT2D eigenvalue weighted by Crippen LogP contribution is 2.32. The van der Waals surface area contributed by atoms with E-state index in [9.17, 15) is 8.42 Å². The fraction of sp³-hybridized carbons (Fsp3) is 0.368. The van der Waals surface area contributed by atoms with E-state index >= 15 is 0 Å². The SMILES string of the molecule is COc1cc(C)c([C@@H](C)NS(=O)(=O)c2ccc(Cl)cc2)cc1C(C)C. The lowest BCUT2D eigenvalue weighted by Crippen LogP contribution is -2.27. The lowest BCUT2D eigenvalue weighted by molar-refractivity contribution is 0.406. The first-order valence-electron chi connectivity index (χ1n) is 8.12. The molecular weight excluding hydrogens is 358 g/mol. The molecule has 0 radical (unpaired) electrons. The molecule has 2 rings (SSSR count). The van der Waals surface area contributed by atoms with E-state index in [1.807, 2.05) is 26.0 Å². The van der Waals surface area contributed by atoms with Crippen molar-refractivity contribution >= 4 is 21.6 Å². The Bertz CT molecular complexity index is 846. The van der Waals surface area contributed by atoms with Gasteiger partial charge in [-0.15, -0.1) is 0 Å². The van der Waals surface area contributed by atoms with Crippen LogP contribution in [0.5, 0.6) is 5.75 Å². The molecule has 0 fully saturated rings. The van der Waals surface area contributed by atoms with Crippen molar-refractivity contribution in [3.63, 3.8) is 0 Å². The van der Waals surface area contributed by atoms with E-state index < -0.39 is 10.0 Å². The number of ether oxygens (including phenoxy) is 1. The zero-order valence-corrected chi connectivity index (χ0v) is 16.7. The molecule has 6 heteroatoms. The summed E-state index contributed by atoms with van der Waals surface area (Å²) in [5.74, 6) is 1.10. The van der Waals surface area contributed by atoms with E-state index in [2.05, 4.69) is 18.6 Å². The molecule has 136 valence electrons. The van der Waals surface area contributed by atoms with Gasteiger partial charge in [0.15, 0.2) is 0 Å². The average Bonchev–Trinajstić information content (AvgIpc) is 2.53. The highest BCUT2D eigenvalue weighted by atomic mass is 35.5. The van der Waals surface area contributed by atoms with Crippen LogP contribution < -0.4 is 9.46 Å². The van der Waals surface area contributed by atoms with Gasteiger partial charge in [-0.05, 0) is 72.9 Å². The van der Waals surface area contributed by atoms with Gasteiger partial charge in [-0.2, -0.15) is 0 Å². The first-order valence-corrected chi connectivity index (χ1v) is 9.98. The maximum atomic E-state index is 12.6. The Labute approximate surface area is 155 Å². The average molecular weight is 382 g/mol. The Balaban J connectivity index is 2.35. The van der Waals surface area contributed by atoms with Crippen molar-refractivity contribution in [1.29, 1.82) is 0 Å². The van der Waals surface area contributed by atoms with Gasteiger partial charge in [-0.25, -0.2) is 13.1 Å². The summed E-state index contributed by atoms with van der Waals surface area (Å²) >= 11 is 5.83. The minimum absolute atomic E-state index is 0.194. The first-order chi connectivity index (χ1) is 11.7. The topological polar surface area (TPSA) is 55.4 Å². The monoisotopic (exact) mass is 381 g/mol. The molecule has 0 aliphatic rings. The quantitative estimate of drug-likeness (QED) is 0.780. The van der Waals surface area contributed by atoms with Gasteiger partial charge in [-0.1, -0.05) is 25.4 Å². The van der Waals surface area contributed by atoms with Gasteiger partial charge in [-0.3, -0.25) is 0 Å². The molecule has 0 saturated carbocycles. The molecule has 0 aliphatic heterocycles. The van der Waals surface area contributed by atoms with Crippen LogP contribution in [0, 0.1) is 6.92 Å². The van der Waals surface area contributed by atoms with Crippen LogP contribution in [0.3, 0.4) is 0 Å². The molecule has 0 unspecified atom stereocenters. The fourth-order valence-corrected chi connectivity index (χ4v) is 4.14. The maximum absolute atomic E-state index is 12.6. The molecule has 2 aromatic rings. The minimum atomic E-state index is -3.63. The summed E-state index contributed by atoms with van der Waals surface area (Å²) < 4.78 is 33.4. The zero-order valence-electron chi connectivity index (χ0n) is 15.1. The summed E-state index contributed by atoms with van der Waals surface area (Å²) in [4.78, 5) is 0.194. The molecule has 4 nitrogen and oxygen atoms in total. The molecule has 0 spiro atoms. The Morgan fingerprint density at radius 1 is 1.04 bits per heavy atom. The van der Waals surface area contributed by atoms with E-state index in [4.69, 9.17) is 16.3 Å². The number of hydrogen-bond acceptors (Lipinski definition) is 3. The van der Waals surface area contributed by atoms with E-state index in [-0.39, 0.29) is 16.9 Å². The van der Waals surface area contributed by atoms with Crippen molar-refractivity contribution < 1.29 is 13.2 Å². The van der Waals surface area contributed by atoms with E-state index in [0.29, 0.717) is 5.02 Å². The standard InChI is InChI=1S/C19H24ClNO3S/c1-12(2)17-11-18(13(3)10-19(17)24-5)14(4)21-25(22,23)16-8-6-15(20)7-9-16/h6-12,14,21H,1-5H3/t14-/m1/s1. The van der Waals surface area contributed by atoms with Crippen LogP contribution in [0.4, 0.5) is 0 Å². The van der Waals surface area contributed by atoms with Crippen LogP contribution in [0.1, 0.15) is 49.4 Å². The molecule has 2 aromatic carbocycles. The zero-order chi connectivity index (χ0) is 18.8. The summed E-state index contributed by atoms with van der Waals surface area (Å²) in [6.07, 6.45) is 0. The highest BCUT2D eigenvalue weighted by Gasteiger charge is 2.21. The third-order valence-electron chi connectivity index (χ3n) is 4.16. The Kier molecular flexibility index (Phi) is 6.14. The summed E-state index contributed by atoms with van der Waals surface area (Å²) in [5.41, 5.74) is 2.97. The predicted molar refractivity (Wildman–Crippen MR) is 102 cm³/mol. The van der Waals surface area contributed by atoms with Crippen molar-refractivity contribution in [1.82, 2.24) is 4.72 Å². The van der Waals surface area contributed by atoms with Crippen LogP contribution >= 0.6 is 11.6 Å². The first kappa shape index (κ1) is 19.8. The van der Waals surface area contributed by atoms with Gasteiger partial charge >= 0.3 is 0 Å². The number of sulfonamides is 1. The normalized spacial score (nSPS) is 13.1. The molecule has 1 atom stereocenters. The summed E-state index contributed by atoms with van der Waals surface area (Å²) in [7, 11) is -1.98. The van der Waals surface area contributed by atoms with Crippen molar-refractivity contribution in [3.8, 4) is 5.75 Å². The second-order valence-electron chi connectivity index (χ2n) is 6.40. The van der Waals surface area contributed by atoms with Crippen LogP contribution in [0.15, 0.2) is 41.3 Å². The van der Waals surface area contributed by atoms with E-state index in [0.717, 1.165) is 22.4 Å². The molecule has 0 saturated heterocycles. The Morgan fingerprint density at radius 2 is 1.64 bits per heavy atom. The fourth-order valence-electron chi connectivity index (χ4n) is 2.79. The largest absolute Gasteiger partial charge is 0.496 e. The van der Waals surface area contributed by atoms with Gasteiger partial charge in [0.1, 0.15) is 5.75 Å². The summed E-state index contributed by atoms with van der Waals surface area (Å²) in [6.45, 7) is 7.96. The molecule has 25 heavy (non-hydrogen) atoms. The Hall–Kier alpha value is -1.56. The summed E-state index contributed by atoms with van der Waals surface area (Å²) in [6, 6.07) is 9.73. The van der Waals surface area contributed by atoms with Gasteiger partial charge in [0, 0.05) is 11.1 Å². The minimum Gasteiger partial charge on any atom is -0.496 e. The van der Waals surface area contributed by atoms with Gasteiger partial charge in [0.05, 0.1) is 12.0 Å². The number of halogens is 1. The van der Waals surface area contributed by atoms with Crippen LogP contribution in [-0.2, 0) is 10.0 Å². The number of aryl methyl sites for hydroxylation is 1. The molecule has 0 amide bonds. The summed E-state index contributed by atoms with van der Waals surface area (Å²) in [5, 5.41) is 0.500. The van der Waals surface area contributed by atoms with E-state index in [1.54, 1.807) is 19.2 Å². The lowest BCUT2D eigenvalue weighted by atomic mass is 9.94. The molecule has 1 N–H and O–H groups in total. The lowest BCUT2D eigenvalue weighted by Gasteiger charge is -2.21. The molecule has 0 aromatic heterocycles. The number of nitrogens with one attached hydrogen (secondary N) is 1. The Morgan fingerprint density at radius 3 is 2.16 bits per heavy atom. The van der Waals surface area contributed by atoms with Gasteiger partial charge in [0.25, 0.3) is 0 Å². The predicted octanol–water partition coefficient (Wildman–Crippen LogP) is 4.82. The number of rotatable bonds is 6. The third kappa shape index (κ3) is 4.54. The van der Waals surface area contributed by atoms with Crippen LogP contribution in [0.25, 0.3) is 0 Å². The molecule has 0 heterocycles. The van der Waals surface area contributed by atoms with Crippen LogP contribution in [-0.4, -0.2) is 15.5 Å². The van der Waals surface area contributed by atoms with Crippen molar-refractivity contribution in [3.05, 3.63) is 58.1 Å². The number of methoxy groups -OCH3 is 1. The molecule has 0 aliphatic carbocycles. The second-order valence-corrected chi connectivity index (χ2v) is 8.55. The van der Waals surface area contributed by atoms with Crippen molar-refractivity contribution in [2.24, 2.45) is 0 Å². The van der Waals surface area contributed by atoms with E-state index in [1.165, 1.54) is 12.1 Å². The second kappa shape index (κ2) is 7.77. The number of benzene rings is 2. The van der Waals surface area contributed by atoms with Gasteiger partial charge in [0.2, 0.25) is 10.0 Å². The molecular formula is C19H24ClNO3S. The highest BCUT2D eigenvalue weighted by molar-refractivity contribution is 7.89. The molecule has 0 bridgehead atoms. The smallest absolute Gasteiger partial charge is 0.241 e. The van der Waals surface area contributed by atoms with Gasteiger partial charge < -0.3 is 4.74 Å². The van der Waals surface area contributed by atoms with Crippen molar-refractivity contribution in [2.45, 2.75) is 44.6 Å². The van der Waals surface area contributed by atoms with Crippen LogP contribution in [0.2, 0.25) is 5.02 Å². The maximum Gasteiger partial charge on any atom is 0.241 e. The third-order valence-corrected chi connectivity index (χ3v) is 5.97. The van der Waals surface area contributed by atoms with Crippen molar-refractivity contribution in [2.75, 3.05) is 7.11 Å².